The summed E-state index contributed by atoms with van der Waals surface area (Å²) in [5, 5.41) is 0. The van der Waals surface area contributed by atoms with Crippen LogP contribution in [-0.4, -0.2) is 17.6 Å². The Kier molecular flexibility index (Phi) is 2.56. The minimum absolute atomic E-state index is 0.222. The number of hydrogen-bond donors (Lipinski definition) is 0. The van der Waals surface area contributed by atoms with Gasteiger partial charge in [0.1, 0.15) is 5.78 Å². The van der Waals surface area contributed by atoms with Crippen LogP contribution in [0.1, 0.15) is 18.9 Å². The number of Topliss-reactive ketones (excluding diaryl/α,β-unsaturated/α-hetero) is 1. The maximum absolute atomic E-state index is 11.7. The van der Waals surface area contributed by atoms with E-state index < -0.39 is 5.91 Å². The summed E-state index contributed by atoms with van der Waals surface area (Å²) in [7, 11) is 0. The number of benzene rings is 1. The number of fused-ring (bicyclic) bond motifs is 1. The van der Waals surface area contributed by atoms with Gasteiger partial charge in [0.2, 0.25) is 11.8 Å². The predicted molar refractivity (Wildman–Crippen MR) is 57.9 cm³/mol. The van der Waals surface area contributed by atoms with Gasteiger partial charge in [0.05, 0.1) is 18.5 Å². The summed E-state index contributed by atoms with van der Waals surface area (Å²) < 4.78 is 0. The van der Waals surface area contributed by atoms with E-state index in [1.165, 1.54) is 6.92 Å². The molecule has 0 spiro atoms. The van der Waals surface area contributed by atoms with Crippen LogP contribution < -0.4 is 4.90 Å². The number of rotatable bonds is 2. The molecule has 4 nitrogen and oxygen atoms in total. The molecule has 2 rings (SSSR count). The van der Waals surface area contributed by atoms with Gasteiger partial charge in [-0.2, -0.15) is 0 Å². The van der Waals surface area contributed by atoms with Crippen molar-refractivity contribution in [2.75, 3.05) is 4.90 Å². The van der Waals surface area contributed by atoms with Crippen LogP contribution in [0.3, 0.4) is 0 Å². The minimum atomic E-state index is -0.442. The van der Waals surface area contributed by atoms with Gasteiger partial charge < -0.3 is 0 Å². The number of nitrogens with zero attached hydrogens (tertiary/aromatic N) is 1. The maximum atomic E-state index is 11.7. The molecule has 0 saturated carbocycles. The van der Waals surface area contributed by atoms with Gasteiger partial charge in [-0.25, -0.2) is 4.90 Å². The van der Waals surface area contributed by atoms with Crippen molar-refractivity contribution in [3.8, 4) is 0 Å². The molecule has 1 aliphatic rings. The number of amides is 2. The van der Waals surface area contributed by atoms with Crippen molar-refractivity contribution in [3.63, 3.8) is 0 Å². The maximum Gasteiger partial charge on any atom is 0.241 e. The number of imide groups is 1. The van der Waals surface area contributed by atoms with Crippen molar-refractivity contribution in [2.24, 2.45) is 0 Å². The first-order valence-electron chi connectivity index (χ1n) is 5.02. The average Bonchev–Trinajstić information content (AvgIpc) is 2.52. The molecule has 0 atom stereocenters. The molecule has 1 aromatic rings. The summed E-state index contributed by atoms with van der Waals surface area (Å²) in [6.07, 6.45) is 0.0138. The van der Waals surface area contributed by atoms with E-state index >= 15 is 0 Å². The predicted octanol–water partition coefficient (Wildman–Crippen LogP) is 1.08. The van der Waals surface area contributed by atoms with Crippen LogP contribution >= 0.6 is 0 Å². The van der Waals surface area contributed by atoms with Crippen molar-refractivity contribution in [1.82, 2.24) is 0 Å². The fourth-order valence-corrected chi connectivity index (χ4v) is 1.82. The third-order valence-electron chi connectivity index (χ3n) is 2.47. The van der Waals surface area contributed by atoms with E-state index in [4.69, 9.17) is 0 Å². The van der Waals surface area contributed by atoms with E-state index in [2.05, 4.69) is 0 Å². The molecule has 0 bridgehead atoms. The molecule has 1 aliphatic heterocycles. The summed E-state index contributed by atoms with van der Waals surface area (Å²) in [4.78, 5) is 35.3. The Morgan fingerprint density at radius 2 is 2.00 bits per heavy atom. The highest BCUT2D eigenvalue weighted by Gasteiger charge is 2.31. The van der Waals surface area contributed by atoms with Gasteiger partial charge in [-0.3, -0.25) is 14.4 Å². The molecular weight excluding hydrogens is 206 g/mol. The van der Waals surface area contributed by atoms with Crippen LogP contribution in [0.4, 0.5) is 5.69 Å². The molecule has 82 valence electrons. The zero-order valence-electron chi connectivity index (χ0n) is 8.90. The summed E-state index contributed by atoms with van der Waals surface area (Å²) in [5.74, 6) is -0.933. The third kappa shape index (κ3) is 1.74. The van der Waals surface area contributed by atoms with Crippen molar-refractivity contribution in [3.05, 3.63) is 29.8 Å². The molecule has 4 heteroatoms. The molecule has 0 aromatic heterocycles. The zero-order valence-corrected chi connectivity index (χ0v) is 8.90. The van der Waals surface area contributed by atoms with Gasteiger partial charge >= 0.3 is 0 Å². The highest BCUT2D eigenvalue weighted by molar-refractivity contribution is 6.22. The lowest BCUT2D eigenvalue weighted by molar-refractivity contribution is -0.128. The van der Waals surface area contributed by atoms with Crippen molar-refractivity contribution < 1.29 is 14.4 Å². The molecule has 0 unspecified atom stereocenters. The van der Waals surface area contributed by atoms with Gasteiger partial charge in [0.25, 0.3) is 0 Å². The van der Waals surface area contributed by atoms with E-state index in [1.54, 1.807) is 12.1 Å². The lowest BCUT2D eigenvalue weighted by Gasteiger charge is -2.14. The quantitative estimate of drug-likeness (QED) is 0.696. The smallest absolute Gasteiger partial charge is 0.241 e. The summed E-state index contributed by atoms with van der Waals surface area (Å²) >= 11 is 0. The molecule has 0 aliphatic carbocycles. The summed E-state index contributed by atoms with van der Waals surface area (Å²) in [5.41, 5.74) is 1.45. The summed E-state index contributed by atoms with van der Waals surface area (Å²) in [6.45, 7) is 1.34. The first kappa shape index (κ1) is 10.5. The highest BCUT2D eigenvalue weighted by Crippen LogP contribution is 2.28. The third-order valence-corrected chi connectivity index (χ3v) is 2.47. The second-order valence-electron chi connectivity index (χ2n) is 3.81. The van der Waals surface area contributed by atoms with E-state index in [9.17, 15) is 14.4 Å². The molecule has 0 saturated heterocycles. The largest absolute Gasteiger partial charge is 0.299 e. The van der Waals surface area contributed by atoms with Gasteiger partial charge in [0, 0.05) is 0 Å². The van der Waals surface area contributed by atoms with Crippen molar-refractivity contribution in [1.29, 1.82) is 0 Å². The molecular formula is C12H11NO3. The SMILES string of the molecule is CC(=O)CC(=O)N1C(=O)Cc2ccccc21. The molecule has 1 aromatic carbocycles. The second kappa shape index (κ2) is 3.89. The second-order valence-corrected chi connectivity index (χ2v) is 3.81. The van der Waals surface area contributed by atoms with E-state index in [0.717, 1.165) is 10.5 Å². The van der Waals surface area contributed by atoms with Crippen LogP contribution in [0.25, 0.3) is 0 Å². The van der Waals surface area contributed by atoms with Gasteiger partial charge in [-0.15, -0.1) is 0 Å². The zero-order chi connectivity index (χ0) is 11.7. The Morgan fingerprint density at radius 1 is 1.31 bits per heavy atom. The Labute approximate surface area is 92.9 Å². The standard InChI is InChI=1S/C12H11NO3/c1-8(14)6-11(15)13-10-5-3-2-4-9(10)7-12(13)16/h2-5H,6-7H2,1H3. The fraction of sp³-hybridized carbons (Fsp3) is 0.250. The minimum Gasteiger partial charge on any atom is -0.299 e. The van der Waals surface area contributed by atoms with Gasteiger partial charge in [0.15, 0.2) is 0 Å². The van der Waals surface area contributed by atoms with Crippen LogP contribution in [0, 0.1) is 0 Å². The molecule has 0 fully saturated rings. The summed E-state index contributed by atoms with van der Waals surface area (Å²) in [6, 6.07) is 7.13. The van der Waals surface area contributed by atoms with Crippen LogP contribution in [0.5, 0.6) is 0 Å². The first-order valence-corrected chi connectivity index (χ1v) is 5.02. The van der Waals surface area contributed by atoms with E-state index in [1.807, 2.05) is 12.1 Å². The van der Waals surface area contributed by atoms with Gasteiger partial charge in [-0.05, 0) is 18.6 Å². The Bertz CT molecular complexity index is 479. The van der Waals surface area contributed by atoms with Gasteiger partial charge in [-0.1, -0.05) is 18.2 Å². The van der Waals surface area contributed by atoms with Crippen LogP contribution in [-0.2, 0) is 20.8 Å². The number of anilines is 1. The van der Waals surface area contributed by atoms with Crippen LogP contribution in [0.2, 0.25) is 0 Å². The van der Waals surface area contributed by atoms with Crippen molar-refractivity contribution >= 4 is 23.3 Å². The molecule has 0 N–H and O–H groups in total. The monoisotopic (exact) mass is 217 g/mol. The molecule has 16 heavy (non-hydrogen) atoms. The van der Waals surface area contributed by atoms with Crippen molar-refractivity contribution in [2.45, 2.75) is 19.8 Å². The van der Waals surface area contributed by atoms with Crippen LogP contribution in [0.15, 0.2) is 24.3 Å². The lowest BCUT2D eigenvalue weighted by atomic mass is 10.2. The van der Waals surface area contributed by atoms with E-state index in [0.29, 0.717) is 5.69 Å². The van der Waals surface area contributed by atoms with E-state index in [-0.39, 0.29) is 24.5 Å². The number of hydrogen-bond acceptors (Lipinski definition) is 3. The average molecular weight is 217 g/mol. The molecule has 2 amide bonds. The highest BCUT2D eigenvalue weighted by atomic mass is 16.2. The molecule has 1 heterocycles. The fourth-order valence-electron chi connectivity index (χ4n) is 1.82. The Balaban J connectivity index is 2.32. The Morgan fingerprint density at radius 3 is 2.69 bits per heavy atom. The lowest BCUT2D eigenvalue weighted by Crippen LogP contribution is -2.34. The molecule has 0 radical (unpaired) electrons. The number of ketones is 1. The Hall–Kier alpha value is -1.97. The first-order chi connectivity index (χ1) is 7.59. The number of carbonyl (C=O) groups is 3. The number of para-hydroxylation sites is 1. The normalized spacial score (nSPS) is 13.8. The number of carbonyl (C=O) groups excluding carboxylic acids is 3. The topological polar surface area (TPSA) is 54.5 Å².